The number of hydrogen-bond donors (Lipinski definition) is 1. The van der Waals surface area contributed by atoms with E-state index in [0.717, 1.165) is 5.56 Å². The first-order chi connectivity index (χ1) is 9.64. The lowest BCUT2D eigenvalue weighted by atomic mass is 9.99. The Bertz CT molecular complexity index is 670. The first-order valence-electron chi connectivity index (χ1n) is 6.53. The number of amides is 1. The molecule has 7 heteroatoms. The summed E-state index contributed by atoms with van der Waals surface area (Å²) in [6.45, 7) is 4.19. The van der Waals surface area contributed by atoms with E-state index in [4.69, 9.17) is 4.74 Å². The van der Waals surface area contributed by atoms with E-state index in [2.05, 4.69) is 21.2 Å². The predicted molar refractivity (Wildman–Crippen MR) is 84.9 cm³/mol. The molecule has 116 valence electrons. The fourth-order valence-corrected chi connectivity index (χ4v) is 3.83. The monoisotopic (exact) mass is 375 g/mol. The van der Waals surface area contributed by atoms with Crippen LogP contribution >= 0.6 is 15.9 Å². The zero-order valence-corrected chi connectivity index (χ0v) is 14.5. The van der Waals surface area contributed by atoms with Gasteiger partial charge in [-0.05, 0) is 31.5 Å². The summed E-state index contributed by atoms with van der Waals surface area (Å²) in [5, 5.41) is 2.74. The second kappa shape index (κ2) is 5.61. The van der Waals surface area contributed by atoms with E-state index >= 15 is 0 Å². The Morgan fingerprint density at radius 3 is 2.67 bits per heavy atom. The minimum Gasteiger partial charge on any atom is -0.491 e. The van der Waals surface area contributed by atoms with Crippen molar-refractivity contribution in [1.82, 2.24) is 5.32 Å². The lowest BCUT2D eigenvalue weighted by molar-refractivity contribution is 0.0957. The van der Waals surface area contributed by atoms with Crippen LogP contribution < -0.4 is 10.1 Å². The first-order valence-corrected chi connectivity index (χ1v) is 9.34. The summed E-state index contributed by atoms with van der Waals surface area (Å²) < 4.78 is 28.4. The normalized spacial score (nSPS) is 17.2. The Labute approximate surface area is 133 Å². The van der Waals surface area contributed by atoms with Crippen molar-refractivity contribution in [3.05, 3.63) is 29.3 Å². The average Bonchev–Trinajstić information content (AvgIpc) is 2.58. The van der Waals surface area contributed by atoms with Gasteiger partial charge in [0.05, 0.1) is 21.7 Å². The van der Waals surface area contributed by atoms with E-state index in [1.807, 2.05) is 0 Å². The average molecular weight is 376 g/mol. The third-order valence-electron chi connectivity index (χ3n) is 3.75. The van der Waals surface area contributed by atoms with Crippen LogP contribution in [0.2, 0.25) is 0 Å². The fraction of sp³-hybridized carbons (Fsp3) is 0.500. The molecule has 1 heterocycles. The van der Waals surface area contributed by atoms with E-state index in [9.17, 15) is 13.2 Å². The lowest BCUT2D eigenvalue weighted by Crippen LogP contribution is -2.35. The van der Waals surface area contributed by atoms with E-state index < -0.39 is 19.4 Å². The van der Waals surface area contributed by atoms with Crippen molar-refractivity contribution in [3.8, 4) is 5.75 Å². The van der Waals surface area contributed by atoms with Crippen LogP contribution in [0.15, 0.2) is 18.2 Å². The molecule has 0 fully saturated rings. The molecule has 1 aliphatic heterocycles. The summed E-state index contributed by atoms with van der Waals surface area (Å²) >= 11 is 3.46. The second-order valence-electron chi connectivity index (χ2n) is 5.60. The van der Waals surface area contributed by atoms with E-state index in [1.54, 1.807) is 32.0 Å². The van der Waals surface area contributed by atoms with Crippen LogP contribution in [0.4, 0.5) is 0 Å². The Morgan fingerprint density at radius 2 is 2.05 bits per heavy atom. The van der Waals surface area contributed by atoms with Gasteiger partial charge in [-0.3, -0.25) is 4.79 Å². The van der Waals surface area contributed by atoms with E-state index in [1.165, 1.54) is 6.26 Å². The summed E-state index contributed by atoms with van der Waals surface area (Å²) in [4.78, 5) is 11.6. The van der Waals surface area contributed by atoms with Gasteiger partial charge in [-0.2, -0.15) is 0 Å². The molecule has 1 unspecified atom stereocenters. The molecule has 0 aromatic heterocycles. The molecule has 1 aliphatic rings. The van der Waals surface area contributed by atoms with Crippen molar-refractivity contribution in [2.75, 3.05) is 19.4 Å². The van der Waals surface area contributed by atoms with E-state index in [-0.39, 0.29) is 5.91 Å². The van der Waals surface area contributed by atoms with Crippen LogP contribution in [0.5, 0.6) is 5.75 Å². The second-order valence-corrected chi connectivity index (χ2v) is 9.11. The minimum absolute atomic E-state index is 0.207. The highest BCUT2D eigenvalue weighted by atomic mass is 79.9. The number of alkyl halides is 1. The van der Waals surface area contributed by atoms with Crippen LogP contribution in [0.3, 0.4) is 0 Å². The highest BCUT2D eigenvalue weighted by Crippen LogP contribution is 2.40. The number of carbonyl (C=O) groups is 1. The van der Waals surface area contributed by atoms with Crippen molar-refractivity contribution >= 4 is 31.7 Å². The van der Waals surface area contributed by atoms with Gasteiger partial charge in [0.15, 0.2) is 9.84 Å². The Balaban J connectivity index is 2.45. The maximum Gasteiger partial charge on any atom is 0.255 e. The number of fused-ring (bicyclic) bond motifs is 1. The van der Waals surface area contributed by atoms with E-state index in [0.29, 0.717) is 24.5 Å². The molecule has 0 saturated heterocycles. The molecule has 5 nitrogen and oxygen atoms in total. The molecule has 0 radical (unpaired) electrons. The number of nitrogens with one attached hydrogen (secondary N) is 1. The number of rotatable bonds is 3. The van der Waals surface area contributed by atoms with Crippen molar-refractivity contribution in [2.24, 2.45) is 0 Å². The molecule has 0 aliphatic carbocycles. The van der Waals surface area contributed by atoms with Gasteiger partial charge in [-0.1, -0.05) is 22.0 Å². The van der Waals surface area contributed by atoms with Crippen LogP contribution in [0.1, 0.15) is 34.6 Å². The molecule has 0 saturated carbocycles. The molecule has 1 atom stereocenters. The molecular weight excluding hydrogens is 358 g/mol. The number of halogens is 1. The molecule has 0 spiro atoms. The molecule has 1 aromatic rings. The minimum atomic E-state index is -3.27. The summed E-state index contributed by atoms with van der Waals surface area (Å²) in [5.41, 5.74) is 1.16. The molecule has 0 bridgehead atoms. The number of ether oxygens (including phenoxy) is 1. The maximum absolute atomic E-state index is 12.0. The first kappa shape index (κ1) is 16.3. The predicted octanol–water partition coefficient (Wildman–Crippen LogP) is 2.07. The highest BCUT2D eigenvalue weighted by Gasteiger charge is 2.39. The number of benzene rings is 1. The SMILES string of the molecule is CC(C)(C(Br)c1ccc2c(c1)C(=O)NCCO2)S(C)(=O)=O. The topological polar surface area (TPSA) is 72.5 Å². The quantitative estimate of drug-likeness (QED) is 0.820. The molecule has 1 aromatic carbocycles. The van der Waals surface area contributed by atoms with Gasteiger partial charge >= 0.3 is 0 Å². The molecule has 2 rings (SSSR count). The van der Waals surface area contributed by atoms with Crippen molar-refractivity contribution in [2.45, 2.75) is 23.4 Å². The van der Waals surface area contributed by atoms with Gasteiger partial charge < -0.3 is 10.1 Å². The molecular formula is C14H18BrNO4S. The van der Waals surface area contributed by atoms with Crippen LogP contribution in [-0.2, 0) is 9.84 Å². The van der Waals surface area contributed by atoms with Crippen LogP contribution in [0, 0.1) is 0 Å². The Hall–Kier alpha value is -1.08. The van der Waals surface area contributed by atoms with Gasteiger partial charge in [0.25, 0.3) is 5.91 Å². The van der Waals surface area contributed by atoms with Crippen molar-refractivity contribution < 1.29 is 17.9 Å². The Kier molecular flexibility index (Phi) is 4.35. The number of carbonyl (C=O) groups excluding carboxylic acids is 1. The van der Waals surface area contributed by atoms with Gasteiger partial charge in [0.2, 0.25) is 0 Å². The van der Waals surface area contributed by atoms with Crippen LogP contribution in [-0.4, -0.2) is 38.5 Å². The maximum atomic E-state index is 12.0. The summed E-state index contributed by atoms with van der Waals surface area (Å²) in [5.74, 6) is 0.312. The number of sulfone groups is 1. The molecule has 1 amide bonds. The van der Waals surface area contributed by atoms with Gasteiger partial charge in [-0.25, -0.2) is 8.42 Å². The molecule has 21 heavy (non-hydrogen) atoms. The summed E-state index contributed by atoms with van der Waals surface area (Å²) in [7, 11) is -3.27. The number of hydrogen-bond acceptors (Lipinski definition) is 4. The smallest absolute Gasteiger partial charge is 0.255 e. The fourth-order valence-electron chi connectivity index (χ4n) is 2.02. The zero-order valence-electron chi connectivity index (χ0n) is 12.1. The third-order valence-corrected chi connectivity index (χ3v) is 7.88. The van der Waals surface area contributed by atoms with Crippen molar-refractivity contribution in [1.29, 1.82) is 0 Å². The summed E-state index contributed by atoms with van der Waals surface area (Å²) in [6.07, 6.45) is 1.21. The molecule has 1 N–H and O–H groups in total. The van der Waals surface area contributed by atoms with Crippen molar-refractivity contribution in [3.63, 3.8) is 0 Å². The standard InChI is InChI=1S/C14H18BrNO4S/c1-14(2,21(3,18)19)12(15)9-4-5-11-10(8-9)13(17)16-6-7-20-11/h4-5,8,12H,6-7H2,1-3H3,(H,16,17). The lowest BCUT2D eigenvalue weighted by Gasteiger charge is -2.29. The Morgan fingerprint density at radius 1 is 1.38 bits per heavy atom. The summed E-state index contributed by atoms with van der Waals surface area (Å²) in [6, 6.07) is 5.17. The zero-order chi connectivity index (χ0) is 15.8. The van der Waals surface area contributed by atoms with Gasteiger partial charge in [0.1, 0.15) is 12.4 Å². The highest BCUT2D eigenvalue weighted by molar-refractivity contribution is 9.09. The third kappa shape index (κ3) is 3.08. The van der Waals surface area contributed by atoms with Crippen LogP contribution in [0.25, 0.3) is 0 Å². The van der Waals surface area contributed by atoms with Gasteiger partial charge in [-0.15, -0.1) is 0 Å². The largest absolute Gasteiger partial charge is 0.491 e. The van der Waals surface area contributed by atoms with Gasteiger partial charge in [0, 0.05) is 6.26 Å².